The Hall–Kier alpha value is -3.19. The van der Waals surface area contributed by atoms with Gasteiger partial charge in [-0.2, -0.15) is 5.10 Å². The van der Waals surface area contributed by atoms with Crippen molar-refractivity contribution in [2.24, 2.45) is 0 Å². The first kappa shape index (κ1) is 19.1. The Morgan fingerprint density at radius 3 is 2.69 bits per heavy atom. The fourth-order valence-electron chi connectivity index (χ4n) is 3.58. The maximum Gasteiger partial charge on any atom is 0.252 e. The van der Waals surface area contributed by atoms with Crippen molar-refractivity contribution in [3.8, 4) is 5.75 Å². The van der Waals surface area contributed by atoms with Gasteiger partial charge in [0.1, 0.15) is 23.7 Å². The number of benzene rings is 2. The van der Waals surface area contributed by atoms with Gasteiger partial charge in [-0.1, -0.05) is 18.2 Å². The zero-order valence-corrected chi connectivity index (χ0v) is 16.0. The van der Waals surface area contributed by atoms with E-state index in [1.54, 1.807) is 29.1 Å². The molecule has 1 aromatic heterocycles. The zero-order valence-electron chi connectivity index (χ0n) is 16.0. The van der Waals surface area contributed by atoms with Gasteiger partial charge in [-0.05, 0) is 61.8 Å². The molecular weight excluding hydrogens is 371 g/mol. The van der Waals surface area contributed by atoms with Gasteiger partial charge >= 0.3 is 0 Å². The Kier molecular flexibility index (Phi) is 5.57. The summed E-state index contributed by atoms with van der Waals surface area (Å²) in [6.45, 7) is 1.84. The number of amides is 1. The third kappa shape index (κ3) is 4.30. The summed E-state index contributed by atoms with van der Waals surface area (Å²) in [7, 11) is 0. The van der Waals surface area contributed by atoms with Crippen LogP contribution in [0, 0.1) is 5.82 Å². The molecule has 2 heterocycles. The van der Waals surface area contributed by atoms with Crippen LogP contribution in [0.25, 0.3) is 0 Å². The molecule has 150 valence electrons. The lowest BCUT2D eigenvalue weighted by molar-refractivity contribution is -0.126. The number of nitrogens with one attached hydrogen (secondary N) is 2. The molecule has 1 fully saturated rings. The summed E-state index contributed by atoms with van der Waals surface area (Å²) in [5.41, 5.74) is 0.824. The van der Waals surface area contributed by atoms with E-state index in [-0.39, 0.29) is 11.7 Å². The second-order valence-corrected chi connectivity index (χ2v) is 7.13. The predicted octanol–water partition coefficient (Wildman–Crippen LogP) is 3.32. The Morgan fingerprint density at radius 1 is 1.17 bits per heavy atom. The van der Waals surface area contributed by atoms with Crippen LogP contribution in [0.1, 0.15) is 18.4 Å². The first-order chi connectivity index (χ1) is 14.2. The molecule has 0 atom stereocenters. The first-order valence-corrected chi connectivity index (χ1v) is 9.65. The van der Waals surface area contributed by atoms with Gasteiger partial charge in [-0.25, -0.2) is 4.39 Å². The molecule has 1 aliphatic heterocycles. The number of piperidine rings is 1. The van der Waals surface area contributed by atoms with Gasteiger partial charge in [-0.15, -0.1) is 0 Å². The Balaban J connectivity index is 1.46. The van der Waals surface area contributed by atoms with Crippen molar-refractivity contribution in [2.45, 2.75) is 25.0 Å². The quantitative estimate of drug-likeness (QED) is 0.673. The van der Waals surface area contributed by atoms with E-state index in [9.17, 15) is 9.18 Å². The molecule has 6 nitrogen and oxygen atoms in total. The fourth-order valence-corrected chi connectivity index (χ4v) is 3.58. The molecule has 1 aliphatic rings. The summed E-state index contributed by atoms with van der Waals surface area (Å²) in [6, 6.07) is 15.3. The van der Waals surface area contributed by atoms with Gasteiger partial charge in [0.15, 0.2) is 0 Å². The molecule has 0 radical (unpaired) electrons. The molecule has 29 heavy (non-hydrogen) atoms. The molecule has 2 aromatic carbocycles. The van der Waals surface area contributed by atoms with Crippen molar-refractivity contribution in [1.82, 2.24) is 15.1 Å². The van der Waals surface area contributed by atoms with Crippen molar-refractivity contribution in [1.29, 1.82) is 0 Å². The lowest BCUT2D eigenvalue weighted by atomic mass is 9.87. The molecule has 0 aliphatic carbocycles. The number of halogens is 1. The molecule has 0 bridgehead atoms. The summed E-state index contributed by atoms with van der Waals surface area (Å²) in [5.74, 6) is 0.270. The summed E-state index contributed by atoms with van der Waals surface area (Å²) in [4.78, 5) is 13.2. The van der Waals surface area contributed by atoms with Crippen LogP contribution in [-0.4, -0.2) is 28.8 Å². The normalized spacial score (nSPS) is 15.6. The molecule has 1 amide bonds. The predicted molar refractivity (Wildman–Crippen MR) is 108 cm³/mol. The summed E-state index contributed by atoms with van der Waals surface area (Å²) >= 11 is 0. The number of ether oxygens (including phenoxy) is 1. The van der Waals surface area contributed by atoms with Crippen molar-refractivity contribution >= 4 is 11.6 Å². The maximum atomic E-state index is 13.2. The molecular formula is C22H23FN4O2. The third-order valence-electron chi connectivity index (χ3n) is 5.21. The van der Waals surface area contributed by atoms with Gasteiger partial charge in [-0.3, -0.25) is 9.48 Å². The lowest BCUT2D eigenvalue weighted by Crippen LogP contribution is -2.52. The molecule has 7 heteroatoms. The number of carbonyl (C=O) groups excluding carboxylic acids is 1. The van der Waals surface area contributed by atoms with Crippen molar-refractivity contribution in [3.63, 3.8) is 0 Å². The Bertz CT molecular complexity index is 951. The highest BCUT2D eigenvalue weighted by Gasteiger charge is 2.42. The lowest BCUT2D eigenvalue weighted by Gasteiger charge is -2.36. The second-order valence-electron chi connectivity index (χ2n) is 7.13. The van der Waals surface area contributed by atoms with Crippen molar-refractivity contribution in [2.75, 3.05) is 18.4 Å². The minimum atomic E-state index is -0.709. The fraction of sp³-hybridized carbons (Fsp3) is 0.273. The van der Waals surface area contributed by atoms with E-state index in [1.807, 2.05) is 30.5 Å². The van der Waals surface area contributed by atoms with Crippen LogP contribution in [0.3, 0.4) is 0 Å². The summed E-state index contributed by atoms with van der Waals surface area (Å²) in [6.07, 6.45) is 4.87. The SMILES string of the molecule is O=C(Nc1cccc(OCc2ccc(F)cc2)c1)C1(n2cccn2)CCNCC1. The van der Waals surface area contributed by atoms with E-state index < -0.39 is 5.54 Å². The molecule has 0 unspecified atom stereocenters. The monoisotopic (exact) mass is 394 g/mol. The van der Waals surface area contributed by atoms with E-state index in [0.717, 1.165) is 18.7 Å². The van der Waals surface area contributed by atoms with E-state index in [1.165, 1.54) is 12.1 Å². The topological polar surface area (TPSA) is 68.2 Å². The van der Waals surface area contributed by atoms with Gasteiger partial charge < -0.3 is 15.4 Å². The number of nitrogens with zero attached hydrogens (tertiary/aromatic N) is 2. The van der Waals surface area contributed by atoms with Crippen LogP contribution in [-0.2, 0) is 16.9 Å². The van der Waals surface area contributed by atoms with Crippen LogP contribution < -0.4 is 15.4 Å². The number of hydrogen-bond acceptors (Lipinski definition) is 4. The van der Waals surface area contributed by atoms with Crippen LogP contribution in [0.5, 0.6) is 5.75 Å². The van der Waals surface area contributed by atoms with Crippen molar-refractivity contribution in [3.05, 3.63) is 78.4 Å². The molecule has 4 rings (SSSR count). The van der Waals surface area contributed by atoms with Gasteiger partial charge in [0.25, 0.3) is 5.91 Å². The molecule has 3 aromatic rings. The number of carbonyl (C=O) groups is 1. The van der Waals surface area contributed by atoms with Crippen LogP contribution in [0.4, 0.5) is 10.1 Å². The highest BCUT2D eigenvalue weighted by atomic mass is 19.1. The second kappa shape index (κ2) is 8.45. The number of aromatic nitrogens is 2. The van der Waals surface area contributed by atoms with Gasteiger partial charge in [0.05, 0.1) is 0 Å². The van der Waals surface area contributed by atoms with Crippen molar-refractivity contribution < 1.29 is 13.9 Å². The first-order valence-electron chi connectivity index (χ1n) is 9.65. The number of hydrogen-bond donors (Lipinski definition) is 2. The van der Waals surface area contributed by atoms with E-state index in [4.69, 9.17) is 4.74 Å². The van der Waals surface area contributed by atoms with Crippen LogP contribution in [0.15, 0.2) is 67.0 Å². The van der Waals surface area contributed by atoms with Crippen LogP contribution >= 0.6 is 0 Å². The standard InChI is InChI=1S/C22H23FN4O2/c23-18-7-5-17(6-8-18)16-29-20-4-1-3-19(15-20)26-21(28)22(9-12-24-13-10-22)27-14-2-11-25-27/h1-8,11,14-15,24H,9-10,12-13,16H2,(H,26,28). The minimum absolute atomic E-state index is 0.0848. The Morgan fingerprint density at radius 2 is 1.97 bits per heavy atom. The zero-order chi connectivity index (χ0) is 20.1. The minimum Gasteiger partial charge on any atom is -0.489 e. The highest BCUT2D eigenvalue weighted by Crippen LogP contribution is 2.29. The molecule has 2 N–H and O–H groups in total. The number of anilines is 1. The molecule has 0 spiro atoms. The molecule has 1 saturated heterocycles. The maximum absolute atomic E-state index is 13.2. The number of rotatable bonds is 6. The average Bonchev–Trinajstić information content (AvgIpc) is 3.30. The highest BCUT2D eigenvalue weighted by molar-refractivity contribution is 5.96. The van der Waals surface area contributed by atoms with Crippen LogP contribution in [0.2, 0.25) is 0 Å². The summed E-state index contributed by atoms with van der Waals surface area (Å²) < 4.78 is 20.6. The van der Waals surface area contributed by atoms with E-state index in [2.05, 4.69) is 15.7 Å². The van der Waals surface area contributed by atoms with E-state index in [0.29, 0.717) is 30.9 Å². The smallest absolute Gasteiger partial charge is 0.252 e. The largest absolute Gasteiger partial charge is 0.489 e. The van der Waals surface area contributed by atoms with Gasteiger partial charge in [0, 0.05) is 24.1 Å². The average molecular weight is 394 g/mol. The van der Waals surface area contributed by atoms with Gasteiger partial charge in [0.2, 0.25) is 0 Å². The van der Waals surface area contributed by atoms with E-state index >= 15 is 0 Å². The Labute approximate surface area is 168 Å². The molecule has 0 saturated carbocycles. The summed E-state index contributed by atoms with van der Waals surface area (Å²) in [5, 5.41) is 10.7. The third-order valence-corrected chi connectivity index (χ3v) is 5.21.